The first-order valence-corrected chi connectivity index (χ1v) is 6.07. The molecule has 0 aliphatic carbocycles. The molecular weight excluding hydrogens is 198 g/mol. The van der Waals surface area contributed by atoms with Gasteiger partial charge in [-0.3, -0.25) is 4.90 Å². The van der Waals surface area contributed by atoms with Crippen molar-refractivity contribution in [2.45, 2.75) is 31.8 Å². The van der Waals surface area contributed by atoms with Gasteiger partial charge < -0.3 is 11.5 Å². The van der Waals surface area contributed by atoms with Crippen molar-refractivity contribution >= 4 is 5.69 Å². The van der Waals surface area contributed by atoms with Gasteiger partial charge in [0.05, 0.1) is 0 Å². The molecule has 1 heterocycles. The summed E-state index contributed by atoms with van der Waals surface area (Å²) in [6.45, 7) is 4.43. The number of hydrogen-bond acceptors (Lipinski definition) is 3. The second kappa shape index (κ2) is 4.85. The van der Waals surface area contributed by atoms with Gasteiger partial charge in [-0.15, -0.1) is 0 Å². The van der Waals surface area contributed by atoms with Gasteiger partial charge in [-0.25, -0.2) is 0 Å². The van der Waals surface area contributed by atoms with E-state index in [1.54, 1.807) is 0 Å². The fourth-order valence-electron chi connectivity index (χ4n) is 2.62. The van der Waals surface area contributed by atoms with Crippen LogP contribution in [0.15, 0.2) is 24.3 Å². The first-order chi connectivity index (χ1) is 7.72. The van der Waals surface area contributed by atoms with Gasteiger partial charge in [-0.05, 0) is 37.1 Å². The fraction of sp³-hybridized carbons (Fsp3) is 0.538. The van der Waals surface area contributed by atoms with Crippen molar-refractivity contribution in [3.8, 4) is 0 Å². The largest absolute Gasteiger partial charge is 0.399 e. The van der Waals surface area contributed by atoms with Gasteiger partial charge in [0.2, 0.25) is 0 Å². The Labute approximate surface area is 97.4 Å². The zero-order valence-electron chi connectivity index (χ0n) is 9.89. The number of hydrogen-bond donors (Lipinski definition) is 2. The summed E-state index contributed by atoms with van der Waals surface area (Å²) in [7, 11) is 0. The lowest BCUT2D eigenvalue weighted by Gasteiger charge is -2.26. The zero-order chi connectivity index (χ0) is 11.5. The maximum Gasteiger partial charge on any atom is 0.0500 e. The summed E-state index contributed by atoms with van der Waals surface area (Å²) < 4.78 is 0. The third-order valence-corrected chi connectivity index (χ3v) is 3.31. The van der Waals surface area contributed by atoms with E-state index in [2.05, 4.69) is 24.0 Å². The Bertz CT molecular complexity index is 349. The van der Waals surface area contributed by atoms with Gasteiger partial charge in [0, 0.05) is 24.3 Å². The predicted octanol–water partition coefficient (Wildman–Crippen LogP) is 1.75. The topological polar surface area (TPSA) is 55.3 Å². The molecule has 0 spiro atoms. The van der Waals surface area contributed by atoms with E-state index in [9.17, 15) is 0 Å². The van der Waals surface area contributed by atoms with E-state index in [-0.39, 0.29) is 6.04 Å². The summed E-state index contributed by atoms with van der Waals surface area (Å²) >= 11 is 0. The number of likely N-dealkylation sites (tertiary alicyclic amines) is 1. The van der Waals surface area contributed by atoms with E-state index >= 15 is 0 Å². The van der Waals surface area contributed by atoms with Gasteiger partial charge in [0.25, 0.3) is 0 Å². The van der Waals surface area contributed by atoms with Crippen LogP contribution in [-0.2, 0) is 0 Å². The highest BCUT2D eigenvalue weighted by Crippen LogP contribution is 2.31. The third kappa shape index (κ3) is 2.20. The lowest BCUT2D eigenvalue weighted by atomic mass is 10.0. The van der Waals surface area contributed by atoms with E-state index in [4.69, 9.17) is 11.5 Å². The lowest BCUT2D eigenvalue weighted by Crippen LogP contribution is -2.32. The van der Waals surface area contributed by atoms with Crippen molar-refractivity contribution in [3.05, 3.63) is 29.8 Å². The molecule has 0 aromatic heterocycles. The van der Waals surface area contributed by atoms with Crippen molar-refractivity contribution in [2.24, 2.45) is 5.73 Å². The van der Waals surface area contributed by atoms with E-state index in [0.717, 1.165) is 25.2 Å². The highest BCUT2D eigenvalue weighted by atomic mass is 15.2. The summed E-state index contributed by atoms with van der Waals surface area (Å²) in [6.07, 6.45) is 2.25. The number of nitrogens with zero attached hydrogens (tertiary/aromatic N) is 1. The molecule has 2 rings (SSSR count). The molecule has 0 unspecified atom stereocenters. The molecule has 3 heteroatoms. The molecule has 0 radical (unpaired) electrons. The Morgan fingerprint density at radius 2 is 2.25 bits per heavy atom. The monoisotopic (exact) mass is 219 g/mol. The molecule has 1 aliphatic rings. The molecule has 0 saturated carbocycles. The number of rotatable bonds is 3. The summed E-state index contributed by atoms with van der Waals surface area (Å²) in [5, 5.41) is 0. The summed E-state index contributed by atoms with van der Waals surface area (Å²) in [6, 6.07) is 8.72. The van der Waals surface area contributed by atoms with Crippen molar-refractivity contribution in [1.82, 2.24) is 4.90 Å². The van der Waals surface area contributed by atoms with Crippen molar-refractivity contribution < 1.29 is 0 Å². The van der Waals surface area contributed by atoms with Crippen LogP contribution in [0.3, 0.4) is 0 Å². The lowest BCUT2D eigenvalue weighted by molar-refractivity contribution is 0.248. The highest BCUT2D eigenvalue weighted by Gasteiger charge is 2.32. The van der Waals surface area contributed by atoms with Crippen LogP contribution in [0.4, 0.5) is 5.69 Å². The normalized spacial score (nSPS) is 26.1. The number of nitrogens with two attached hydrogens (primary N) is 2. The van der Waals surface area contributed by atoms with E-state index in [1.165, 1.54) is 12.0 Å². The van der Waals surface area contributed by atoms with Crippen LogP contribution < -0.4 is 11.5 Å². The Balaban J connectivity index is 2.22. The van der Waals surface area contributed by atoms with Crippen LogP contribution in [0, 0.1) is 0 Å². The van der Waals surface area contributed by atoms with E-state index in [1.807, 2.05) is 12.1 Å². The quantitative estimate of drug-likeness (QED) is 0.762. The molecular formula is C13H21N3. The van der Waals surface area contributed by atoms with Gasteiger partial charge in [0.1, 0.15) is 0 Å². The van der Waals surface area contributed by atoms with Crippen molar-refractivity contribution in [1.29, 1.82) is 0 Å². The minimum atomic E-state index is 0.244. The van der Waals surface area contributed by atoms with Crippen LogP contribution >= 0.6 is 0 Å². The Kier molecular flexibility index (Phi) is 3.46. The van der Waals surface area contributed by atoms with Crippen LogP contribution in [-0.4, -0.2) is 24.0 Å². The minimum Gasteiger partial charge on any atom is -0.399 e. The summed E-state index contributed by atoms with van der Waals surface area (Å²) in [5.41, 5.74) is 14.1. The second-order valence-electron chi connectivity index (χ2n) is 4.60. The second-order valence-corrected chi connectivity index (χ2v) is 4.60. The first kappa shape index (κ1) is 11.4. The molecule has 16 heavy (non-hydrogen) atoms. The standard InChI is InChI=1S/C13H21N3/c1-2-7-16-8-6-12(15)13(16)10-4-3-5-11(14)9-10/h3-5,9,12-13H,2,6-8,14-15H2,1H3/t12-,13+/m0/s1. The predicted molar refractivity (Wildman–Crippen MR) is 68.1 cm³/mol. The van der Waals surface area contributed by atoms with Crippen LogP contribution in [0.25, 0.3) is 0 Å². The number of anilines is 1. The van der Waals surface area contributed by atoms with E-state index < -0.39 is 0 Å². The van der Waals surface area contributed by atoms with Crippen LogP contribution in [0.2, 0.25) is 0 Å². The highest BCUT2D eigenvalue weighted by molar-refractivity contribution is 5.42. The molecule has 3 nitrogen and oxygen atoms in total. The van der Waals surface area contributed by atoms with Gasteiger partial charge in [-0.2, -0.15) is 0 Å². The molecule has 1 aromatic carbocycles. The van der Waals surface area contributed by atoms with Gasteiger partial charge in [0.15, 0.2) is 0 Å². The molecule has 0 bridgehead atoms. The molecule has 1 saturated heterocycles. The average Bonchev–Trinajstić information content (AvgIpc) is 2.60. The molecule has 0 amide bonds. The third-order valence-electron chi connectivity index (χ3n) is 3.31. The van der Waals surface area contributed by atoms with Gasteiger partial charge >= 0.3 is 0 Å². The Hall–Kier alpha value is -1.06. The maximum absolute atomic E-state index is 6.20. The first-order valence-electron chi connectivity index (χ1n) is 6.07. The molecule has 2 atom stereocenters. The molecule has 4 N–H and O–H groups in total. The zero-order valence-corrected chi connectivity index (χ0v) is 9.89. The maximum atomic E-state index is 6.20. The van der Waals surface area contributed by atoms with Crippen molar-refractivity contribution in [2.75, 3.05) is 18.8 Å². The number of benzene rings is 1. The smallest absolute Gasteiger partial charge is 0.0500 e. The van der Waals surface area contributed by atoms with E-state index in [0.29, 0.717) is 6.04 Å². The summed E-state index contributed by atoms with van der Waals surface area (Å²) in [4.78, 5) is 2.47. The summed E-state index contributed by atoms with van der Waals surface area (Å²) in [5.74, 6) is 0. The minimum absolute atomic E-state index is 0.244. The van der Waals surface area contributed by atoms with Gasteiger partial charge in [-0.1, -0.05) is 19.1 Å². The fourth-order valence-corrected chi connectivity index (χ4v) is 2.62. The number of nitrogen functional groups attached to an aromatic ring is 1. The van der Waals surface area contributed by atoms with Crippen molar-refractivity contribution in [3.63, 3.8) is 0 Å². The Morgan fingerprint density at radius 1 is 1.44 bits per heavy atom. The molecule has 88 valence electrons. The van der Waals surface area contributed by atoms with Crippen LogP contribution in [0.5, 0.6) is 0 Å². The SMILES string of the molecule is CCCN1CC[C@H](N)[C@H]1c1cccc(N)c1. The molecule has 1 aromatic rings. The molecule has 1 aliphatic heterocycles. The molecule has 1 fully saturated rings. The Morgan fingerprint density at radius 3 is 2.94 bits per heavy atom. The van der Waals surface area contributed by atoms with Crippen LogP contribution in [0.1, 0.15) is 31.4 Å². The average molecular weight is 219 g/mol.